The highest BCUT2D eigenvalue weighted by Gasteiger charge is 2.26. The van der Waals surface area contributed by atoms with Crippen molar-refractivity contribution in [2.75, 3.05) is 6.54 Å². The number of hydrogen-bond donors (Lipinski definition) is 0. The minimum absolute atomic E-state index is 0.0981. The van der Waals surface area contributed by atoms with E-state index in [1.807, 2.05) is 17.5 Å². The van der Waals surface area contributed by atoms with Crippen LogP contribution in [0.1, 0.15) is 30.6 Å². The number of amides is 1. The van der Waals surface area contributed by atoms with Gasteiger partial charge in [-0.2, -0.15) is 5.26 Å². The molecule has 0 unspecified atom stereocenters. The number of rotatable bonds is 4. The number of nitriles is 1. The van der Waals surface area contributed by atoms with E-state index in [-0.39, 0.29) is 12.5 Å². The van der Waals surface area contributed by atoms with Crippen molar-refractivity contribution in [2.24, 2.45) is 0 Å². The molecule has 0 spiro atoms. The van der Waals surface area contributed by atoms with Gasteiger partial charge in [0.25, 0.3) is 0 Å². The quantitative estimate of drug-likeness (QED) is 0.769. The van der Waals surface area contributed by atoms with E-state index in [1.165, 1.54) is 12.8 Å². The maximum atomic E-state index is 12.2. The van der Waals surface area contributed by atoms with E-state index in [9.17, 15) is 4.79 Å². The number of carbonyl (C=O) groups is 1. The average Bonchev–Trinajstić information content (AvgIpc) is 2.97. The normalized spacial score (nSPS) is 15.7. The summed E-state index contributed by atoms with van der Waals surface area (Å²) >= 11 is 1.60. The zero-order chi connectivity index (χ0) is 12.1. The molecule has 1 aliphatic rings. The van der Waals surface area contributed by atoms with Crippen LogP contribution < -0.4 is 0 Å². The van der Waals surface area contributed by atoms with Gasteiger partial charge in [-0.25, -0.2) is 0 Å². The first kappa shape index (κ1) is 12.1. The lowest BCUT2D eigenvalue weighted by Crippen LogP contribution is -2.39. The van der Waals surface area contributed by atoms with Crippen LogP contribution in [0.25, 0.3) is 0 Å². The molecule has 2 rings (SSSR count). The fourth-order valence-corrected chi connectivity index (χ4v) is 3.07. The molecular weight excluding hydrogens is 232 g/mol. The molecule has 1 amide bonds. The Balaban J connectivity index is 2.00. The van der Waals surface area contributed by atoms with E-state index in [1.54, 1.807) is 16.2 Å². The summed E-state index contributed by atoms with van der Waals surface area (Å²) in [5.74, 6) is 0.0981. The first-order valence-corrected chi connectivity index (χ1v) is 6.88. The number of nitrogens with zero attached hydrogens (tertiary/aromatic N) is 2. The molecule has 3 nitrogen and oxygen atoms in total. The van der Waals surface area contributed by atoms with Gasteiger partial charge in [0.1, 0.15) is 6.54 Å². The van der Waals surface area contributed by atoms with E-state index in [0.29, 0.717) is 12.5 Å². The van der Waals surface area contributed by atoms with Crippen LogP contribution in [-0.2, 0) is 11.2 Å². The molecule has 0 bridgehead atoms. The SMILES string of the molecule is N#CCN(C(=O)Cc1cccs1)C1CCCC1. The Morgan fingerprint density at radius 1 is 1.53 bits per heavy atom. The molecule has 90 valence electrons. The molecular formula is C13H16N2OS. The number of hydrogen-bond acceptors (Lipinski definition) is 3. The van der Waals surface area contributed by atoms with Crippen LogP contribution >= 0.6 is 11.3 Å². The van der Waals surface area contributed by atoms with Gasteiger partial charge >= 0.3 is 0 Å². The summed E-state index contributed by atoms with van der Waals surface area (Å²) in [7, 11) is 0. The fourth-order valence-electron chi connectivity index (χ4n) is 2.38. The van der Waals surface area contributed by atoms with Gasteiger partial charge in [0.05, 0.1) is 12.5 Å². The highest BCUT2D eigenvalue weighted by molar-refractivity contribution is 7.10. The zero-order valence-corrected chi connectivity index (χ0v) is 10.6. The van der Waals surface area contributed by atoms with Gasteiger partial charge in [0.2, 0.25) is 5.91 Å². The molecule has 0 N–H and O–H groups in total. The summed E-state index contributed by atoms with van der Waals surface area (Å²) in [6.07, 6.45) is 4.91. The molecule has 1 fully saturated rings. The molecule has 4 heteroatoms. The predicted molar refractivity (Wildman–Crippen MR) is 67.6 cm³/mol. The third-order valence-corrected chi connectivity index (χ3v) is 4.11. The van der Waals surface area contributed by atoms with Gasteiger partial charge in [-0.05, 0) is 24.3 Å². The fraction of sp³-hybridized carbons (Fsp3) is 0.538. The highest BCUT2D eigenvalue weighted by atomic mass is 32.1. The Labute approximate surface area is 106 Å². The predicted octanol–water partition coefficient (Wildman–Crippen LogP) is 2.59. The minimum Gasteiger partial charge on any atom is -0.326 e. The van der Waals surface area contributed by atoms with Crippen molar-refractivity contribution in [3.8, 4) is 6.07 Å². The summed E-state index contributed by atoms with van der Waals surface area (Å²) in [6, 6.07) is 6.34. The topological polar surface area (TPSA) is 44.1 Å². The average molecular weight is 248 g/mol. The number of thiophene rings is 1. The lowest BCUT2D eigenvalue weighted by atomic mass is 10.2. The van der Waals surface area contributed by atoms with E-state index in [2.05, 4.69) is 6.07 Å². The van der Waals surface area contributed by atoms with Gasteiger partial charge in [-0.15, -0.1) is 11.3 Å². The van der Waals surface area contributed by atoms with Crippen LogP contribution in [0.3, 0.4) is 0 Å². The molecule has 0 radical (unpaired) electrons. The molecule has 1 heterocycles. The summed E-state index contributed by atoms with van der Waals surface area (Å²) in [6.45, 7) is 0.231. The second kappa shape index (κ2) is 5.83. The van der Waals surface area contributed by atoms with Crippen LogP contribution in [0.5, 0.6) is 0 Å². The van der Waals surface area contributed by atoms with Crippen LogP contribution in [0.15, 0.2) is 17.5 Å². The zero-order valence-electron chi connectivity index (χ0n) is 9.76. The summed E-state index contributed by atoms with van der Waals surface area (Å²) in [5.41, 5.74) is 0. The van der Waals surface area contributed by atoms with E-state index >= 15 is 0 Å². The standard InChI is InChI=1S/C13H16N2OS/c14-7-8-15(11-4-1-2-5-11)13(16)10-12-6-3-9-17-12/h3,6,9,11H,1-2,4-5,8,10H2. The van der Waals surface area contributed by atoms with Gasteiger partial charge < -0.3 is 4.90 Å². The van der Waals surface area contributed by atoms with Crippen molar-refractivity contribution in [3.05, 3.63) is 22.4 Å². The van der Waals surface area contributed by atoms with Gasteiger partial charge in [-0.3, -0.25) is 4.79 Å². The highest BCUT2D eigenvalue weighted by Crippen LogP contribution is 2.24. The van der Waals surface area contributed by atoms with Crippen molar-refractivity contribution in [3.63, 3.8) is 0 Å². The Morgan fingerprint density at radius 3 is 2.88 bits per heavy atom. The second-order valence-corrected chi connectivity index (χ2v) is 5.41. The van der Waals surface area contributed by atoms with Gasteiger partial charge in [0.15, 0.2) is 0 Å². The Morgan fingerprint density at radius 2 is 2.29 bits per heavy atom. The minimum atomic E-state index is 0.0981. The van der Waals surface area contributed by atoms with Crippen molar-refractivity contribution in [1.29, 1.82) is 5.26 Å². The largest absolute Gasteiger partial charge is 0.326 e. The molecule has 17 heavy (non-hydrogen) atoms. The number of carbonyl (C=O) groups excluding carboxylic acids is 1. The smallest absolute Gasteiger partial charge is 0.228 e. The van der Waals surface area contributed by atoms with Crippen molar-refractivity contribution >= 4 is 17.2 Å². The van der Waals surface area contributed by atoms with Crippen LogP contribution in [-0.4, -0.2) is 23.4 Å². The van der Waals surface area contributed by atoms with Crippen LogP contribution in [0, 0.1) is 11.3 Å². The Bertz CT molecular complexity index is 402. The molecule has 0 aromatic carbocycles. The van der Waals surface area contributed by atoms with Crippen molar-refractivity contribution in [2.45, 2.75) is 38.1 Å². The molecule has 0 aliphatic heterocycles. The molecule has 1 aromatic rings. The third-order valence-electron chi connectivity index (χ3n) is 3.23. The van der Waals surface area contributed by atoms with E-state index in [4.69, 9.17) is 5.26 Å². The molecule has 1 aromatic heterocycles. The molecule has 0 atom stereocenters. The van der Waals surface area contributed by atoms with Crippen LogP contribution in [0.2, 0.25) is 0 Å². The van der Waals surface area contributed by atoms with E-state index in [0.717, 1.165) is 17.7 Å². The molecule has 1 aliphatic carbocycles. The maximum Gasteiger partial charge on any atom is 0.228 e. The summed E-state index contributed by atoms with van der Waals surface area (Å²) in [5, 5.41) is 10.8. The van der Waals surface area contributed by atoms with Gasteiger partial charge in [-0.1, -0.05) is 18.9 Å². The lowest BCUT2D eigenvalue weighted by Gasteiger charge is -2.26. The summed E-state index contributed by atoms with van der Waals surface area (Å²) in [4.78, 5) is 15.0. The monoisotopic (exact) mass is 248 g/mol. The van der Waals surface area contributed by atoms with Crippen LogP contribution in [0.4, 0.5) is 0 Å². The first-order valence-electron chi connectivity index (χ1n) is 6.00. The maximum absolute atomic E-state index is 12.2. The lowest BCUT2D eigenvalue weighted by molar-refractivity contribution is -0.131. The second-order valence-electron chi connectivity index (χ2n) is 4.37. The Kier molecular flexibility index (Phi) is 4.16. The van der Waals surface area contributed by atoms with Crippen molar-refractivity contribution < 1.29 is 4.79 Å². The first-order chi connectivity index (χ1) is 8.31. The third kappa shape index (κ3) is 3.07. The molecule has 0 saturated heterocycles. The summed E-state index contributed by atoms with van der Waals surface area (Å²) < 4.78 is 0. The Hall–Kier alpha value is -1.34. The van der Waals surface area contributed by atoms with Crippen molar-refractivity contribution in [1.82, 2.24) is 4.90 Å². The van der Waals surface area contributed by atoms with Gasteiger partial charge in [0, 0.05) is 10.9 Å². The van der Waals surface area contributed by atoms with E-state index < -0.39 is 0 Å². The molecule has 1 saturated carbocycles.